The van der Waals surface area contributed by atoms with Crippen LogP contribution in [-0.4, -0.2) is 75.9 Å². The lowest BCUT2D eigenvalue weighted by atomic mass is 10.1. The Balaban J connectivity index is 1.36. The van der Waals surface area contributed by atoms with Gasteiger partial charge >= 0.3 is 12.0 Å². The SMILES string of the molecule is COC(=O)c1ccc(CO[C@@H](CN2CCN(C(=O)Nc3cc(OC)ccc3OC)CC2)c2ccc(Cl)cc2)cc1. The average Bonchev–Trinajstić information content (AvgIpc) is 2.99. The number of hydrogen-bond donors (Lipinski definition) is 1. The van der Waals surface area contributed by atoms with Crippen LogP contribution in [0.5, 0.6) is 11.5 Å². The number of amides is 2. The topological polar surface area (TPSA) is 89.6 Å². The lowest BCUT2D eigenvalue weighted by Crippen LogP contribution is -2.50. The van der Waals surface area contributed by atoms with E-state index in [2.05, 4.69) is 10.2 Å². The third kappa shape index (κ3) is 7.65. The minimum absolute atomic E-state index is 0.188. The van der Waals surface area contributed by atoms with Crippen molar-refractivity contribution in [3.05, 3.63) is 88.4 Å². The number of piperazine rings is 1. The molecular formula is C30H34ClN3O6. The van der Waals surface area contributed by atoms with Crippen molar-refractivity contribution in [2.24, 2.45) is 0 Å². The van der Waals surface area contributed by atoms with Gasteiger partial charge in [0.2, 0.25) is 0 Å². The number of nitrogens with zero attached hydrogens (tertiary/aromatic N) is 2. The van der Waals surface area contributed by atoms with Gasteiger partial charge in [0.05, 0.1) is 45.3 Å². The number of carbonyl (C=O) groups is 2. The molecule has 9 nitrogen and oxygen atoms in total. The number of carbonyl (C=O) groups excluding carboxylic acids is 2. The zero-order chi connectivity index (χ0) is 28.5. The van der Waals surface area contributed by atoms with Gasteiger partial charge in [-0.15, -0.1) is 0 Å². The molecule has 0 aliphatic carbocycles. The van der Waals surface area contributed by atoms with Crippen molar-refractivity contribution in [1.82, 2.24) is 9.80 Å². The highest BCUT2D eigenvalue weighted by molar-refractivity contribution is 6.30. The highest BCUT2D eigenvalue weighted by Gasteiger charge is 2.25. The number of methoxy groups -OCH3 is 3. The highest BCUT2D eigenvalue weighted by Crippen LogP contribution is 2.29. The third-order valence-electron chi connectivity index (χ3n) is 6.80. The molecule has 1 aliphatic heterocycles. The normalized spacial score (nSPS) is 14.3. The molecule has 0 radical (unpaired) electrons. The maximum atomic E-state index is 13.0. The van der Waals surface area contributed by atoms with Crippen molar-refractivity contribution in [1.29, 1.82) is 0 Å². The summed E-state index contributed by atoms with van der Waals surface area (Å²) in [6, 6.07) is 19.9. The largest absolute Gasteiger partial charge is 0.497 e. The number of esters is 1. The standard InChI is InChI=1S/C30H34ClN3O6/c1-37-25-12-13-27(38-2)26(18-25)32-30(36)34-16-14-33(15-17-34)19-28(22-8-10-24(31)11-9-22)40-20-21-4-6-23(7-5-21)29(35)39-3/h4-13,18,28H,14-17,19-20H2,1-3H3,(H,32,36)/t28-/m0/s1. The first-order valence-electron chi connectivity index (χ1n) is 12.9. The molecule has 3 aromatic rings. The monoisotopic (exact) mass is 567 g/mol. The maximum Gasteiger partial charge on any atom is 0.337 e. The Morgan fingerprint density at radius 3 is 2.23 bits per heavy atom. The second kappa shape index (κ2) is 14.0. The molecule has 10 heteroatoms. The zero-order valence-electron chi connectivity index (χ0n) is 22.9. The Kier molecular flexibility index (Phi) is 10.2. The second-order valence-corrected chi connectivity index (χ2v) is 9.76. The van der Waals surface area contributed by atoms with Gasteiger partial charge in [0, 0.05) is 43.8 Å². The number of halogens is 1. The molecule has 3 aromatic carbocycles. The smallest absolute Gasteiger partial charge is 0.337 e. The highest BCUT2D eigenvalue weighted by atomic mass is 35.5. The number of anilines is 1. The van der Waals surface area contributed by atoms with Crippen LogP contribution in [0.15, 0.2) is 66.7 Å². The molecule has 1 aliphatic rings. The van der Waals surface area contributed by atoms with E-state index in [1.54, 1.807) is 49.5 Å². The van der Waals surface area contributed by atoms with Gasteiger partial charge in [-0.1, -0.05) is 35.9 Å². The molecule has 40 heavy (non-hydrogen) atoms. The van der Waals surface area contributed by atoms with Crippen molar-refractivity contribution < 1.29 is 28.5 Å². The fourth-order valence-corrected chi connectivity index (χ4v) is 4.58. The number of ether oxygens (including phenoxy) is 4. The van der Waals surface area contributed by atoms with Gasteiger partial charge in [-0.3, -0.25) is 4.90 Å². The van der Waals surface area contributed by atoms with Crippen molar-refractivity contribution in [2.75, 3.05) is 59.4 Å². The van der Waals surface area contributed by atoms with E-state index >= 15 is 0 Å². The van der Waals surface area contributed by atoms with E-state index in [1.807, 2.05) is 36.4 Å². The number of benzene rings is 3. The summed E-state index contributed by atoms with van der Waals surface area (Å²) in [6.45, 7) is 3.56. The van der Waals surface area contributed by atoms with Crippen LogP contribution in [0.2, 0.25) is 5.02 Å². The molecular weight excluding hydrogens is 534 g/mol. The first-order valence-corrected chi connectivity index (χ1v) is 13.3. The van der Waals surface area contributed by atoms with Crippen molar-refractivity contribution in [3.63, 3.8) is 0 Å². The van der Waals surface area contributed by atoms with Gasteiger partial charge in [-0.05, 0) is 47.5 Å². The summed E-state index contributed by atoms with van der Waals surface area (Å²) in [5.41, 5.74) is 3.01. The molecule has 0 unspecified atom stereocenters. The zero-order valence-corrected chi connectivity index (χ0v) is 23.6. The molecule has 0 aromatic heterocycles. The molecule has 212 valence electrons. The van der Waals surface area contributed by atoms with Gasteiger partial charge in [-0.25, -0.2) is 9.59 Å². The molecule has 0 saturated carbocycles. The van der Waals surface area contributed by atoms with E-state index in [0.29, 0.717) is 67.1 Å². The predicted molar refractivity (Wildman–Crippen MR) is 153 cm³/mol. The van der Waals surface area contributed by atoms with E-state index in [1.165, 1.54) is 7.11 Å². The van der Waals surface area contributed by atoms with Gasteiger partial charge in [0.1, 0.15) is 11.5 Å². The van der Waals surface area contributed by atoms with Gasteiger partial charge < -0.3 is 29.2 Å². The summed E-state index contributed by atoms with van der Waals surface area (Å²) in [5.74, 6) is 0.825. The number of urea groups is 1. The fraction of sp³-hybridized carbons (Fsp3) is 0.333. The molecule has 1 saturated heterocycles. The fourth-order valence-electron chi connectivity index (χ4n) is 4.46. The lowest BCUT2D eigenvalue weighted by Gasteiger charge is -2.36. The molecule has 0 bridgehead atoms. The van der Waals surface area contributed by atoms with Crippen LogP contribution in [0.1, 0.15) is 27.6 Å². The Labute approximate surface area is 239 Å². The van der Waals surface area contributed by atoms with Gasteiger partial charge in [0.15, 0.2) is 0 Å². The summed E-state index contributed by atoms with van der Waals surface area (Å²) >= 11 is 6.13. The molecule has 4 rings (SSSR count). The Morgan fingerprint density at radius 1 is 0.900 bits per heavy atom. The van der Waals surface area contributed by atoms with Crippen molar-refractivity contribution in [3.8, 4) is 11.5 Å². The number of rotatable bonds is 10. The first-order chi connectivity index (χ1) is 19.4. The first kappa shape index (κ1) is 29.2. The van der Waals surface area contributed by atoms with E-state index in [0.717, 1.165) is 11.1 Å². The van der Waals surface area contributed by atoms with Crippen LogP contribution in [0.3, 0.4) is 0 Å². The Morgan fingerprint density at radius 2 is 1.60 bits per heavy atom. The van der Waals surface area contributed by atoms with Crippen LogP contribution in [0.4, 0.5) is 10.5 Å². The summed E-state index contributed by atoms with van der Waals surface area (Å²) < 4.78 is 21.8. The van der Waals surface area contributed by atoms with E-state index < -0.39 is 0 Å². The summed E-state index contributed by atoms with van der Waals surface area (Å²) in [5, 5.41) is 3.60. The molecule has 1 atom stereocenters. The van der Waals surface area contributed by atoms with Gasteiger partial charge in [0.25, 0.3) is 0 Å². The third-order valence-corrected chi connectivity index (χ3v) is 7.05. The Bertz CT molecular complexity index is 1280. The summed E-state index contributed by atoms with van der Waals surface area (Å²) in [6.07, 6.45) is -0.209. The van der Waals surface area contributed by atoms with E-state index in [-0.39, 0.29) is 18.1 Å². The molecule has 2 amide bonds. The molecule has 1 fully saturated rings. The van der Waals surface area contributed by atoms with Crippen molar-refractivity contribution >= 4 is 29.3 Å². The second-order valence-electron chi connectivity index (χ2n) is 9.32. The predicted octanol–water partition coefficient (Wildman–Crippen LogP) is 5.25. The number of nitrogens with one attached hydrogen (secondary N) is 1. The maximum absolute atomic E-state index is 13.0. The molecule has 1 N–H and O–H groups in total. The summed E-state index contributed by atoms with van der Waals surface area (Å²) in [7, 11) is 4.50. The van der Waals surface area contributed by atoms with Crippen LogP contribution in [-0.2, 0) is 16.1 Å². The van der Waals surface area contributed by atoms with Crippen LogP contribution >= 0.6 is 11.6 Å². The minimum atomic E-state index is -0.373. The van der Waals surface area contributed by atoms with E-state index in [9.17, 15) is 9.59 Å². The van der Waals surface area contributed by atoms with Gasteiger partial charge in [-0.2, -0.15) is 0 Å². The Hall–Kier alpha value is -3.79. The van der Waals surface area contributed by atoms with Crippen LogP contribution in [0, 0.1) is 0 Å². The summed E-state index contributed by atoms with van der Waals surface area (Å²) in [4.78, 5) is 28.8. The molecule has 1 heterocycles. The van der Waals surface area contributed by atoms with Crippen LogP contribution < -0.4 is 14.8 Å². The molecule has 0 spiro atoms. The van der Waals surface area contributed by atoms with Crippen LogP contribution in [0.25, 0.3) is 0 Å². The van der Waals surface area contributed by atoms with E-state index in [4.69, 9.17) is 30.5 Å². The minimum Gasteiger partial charge on any atom is -0.497 e. The quantitative estimate of drug-likeness (QED) is 0.335. The van der Waals surface area contributed by atoms with Crippen molar-refractivity contribution in [2.45, 2.75) is 12.7 Å². The number of hydrogen-bond acceptors (Lipinski definition) is 7. The lowest BCUT2D eigenvalue weighted by molar-refractivity contribution is 0.00592. The average molecular weight is 568 g/mol.